The summed E-state index contributed by atoms with van der Waals surface area (Å²) in [6.45, 7) is 5.25. The van der Waals surface area contributed by atoms with E-state index in [0.29, 0.717) is 26.3 Å². The smallest absolute Gasteiger partial charge is 0.221 e. The molecule has 0 aromatic heterocycles. The highest BCUT2D eigenvalue weighted by Crippen LogP contribution is 2.29. The molecule has 0 spiro atoms. The number of ether oxygens (including phenoxy) is 2. The maximum Gasteiger partial charge on any atom is 0.221 e. The van der Waals surface area contributed by atoms with E-state index in [4.69, 9.17) is 9.47 Å². The number of methoxy groups -OCH3 is 1. The van der Waals surface area contributed by atoms with Crippen LogP contribution in [0.3, 0.4) is 0 Å². The van der Waals surface area contributed by atoms with E-state index in [-0.39, 0.29) is 24.3 Å². The van der Waals surface area contributed by atoms with Gasteiger partial charge in [0.2, 0.25) is 11.8 Å². The van der Waals surface area contributed by atoms with Crippen molar-refractivity contribution in [1.82, 2.24) is 15.5 Å². The molecule has 1 aromatic carbocycles. The van der Waals surface area contributed by atoms with E-state index in [1.165, 1.54) is 6.92 Å². The minimum atomic E-state index is -0.131. The van der Waals surface area contributed by atoms with Crippen LogP contribution in [0.1, 0.15) is 24.9 Å². The Balaban J connectivity index is 2.02. The Morgan fingerprint density at radius 3 is 2.64 bits per heavy atom. The maximum absolute atomic E-state index is 12.1. The van der Waals surface area contributed by atoms with Crippen LogP contribution in [0.2, 0.25) is 0 Å². The lowest BCUT2D eigenvalue weighted by Crippen LogP contribution is -2.44. The van der Waals surface area contributed by atoms with Gasteiger partial charge in [0.1, 0.15) is 5.75 Å². The normalized spacial score (nSPS) is 16.1. The van der Waals surface area contributed by atoms with Gasteiger partial charge in [-0.25, -0.2) is 0 Å². The van der Waals surface area contributed by atoms with Crippen molar-refractivity contribution in [2.45, 2.75) is 19.4 Å². The van der Waals surface area contributed by atoms with Crippen LogP contribution in [0.15, 0.2) is 24.3 Å². The Hall–Kier alpha value is -2.12. The van der Waals surface area contributed by atoms with Gasteiger partial charge >= 0.3 is 0 Å². The molecule has 2 amide bonds. The van der Waals surface area contributed by atoms with Gasteiger partial charge in [-0.2, -0.15) is 0 Å². The van der Waals surface area contributed by atoms with Crippen LogP contribution in [-0.4, -0.2) is 63.2 Å². The fourth-order valence-electron chi connectivity index (χ4n) is 2.92. The van der Waals surface area contributed by atoms with Crippen molar-refractivity contribution in [3.63, 3.8) is 0 Å². The topological polar surface area (TPSA) is 79.9 Å². The predicted molar refractivity (Wildman–Crippen MR) is 94.4 cm³/mol. The molecule has 25 heavy (non-hydrogen) atoms. The second-order valence-electron chi connectivity index (χ2n) is 5.94. The molecule has 2 rings (SSSR count). The van der Waals surface area contributed by atoms with Gasteiger partial charge < -0.3 is 20.1 Å². The van der Waals surface area contributed by atoms with E-state index < -0.39 is 0 Å². The van der Waals surface area contributed by atoms with Gasteiger partial charge in [-0.15, -0.1) is 0 Å². The molecule has 0 aliphatic carbocycles. The molecule has 1 saturated heterocycles. The van der Waals surface area contributed by atoms with Crippen LogP contribution in [0, 0.1) is 0 Å². The average Bonchev–Trinajstić information content (AvgIpc) is 2.63. The van der Waals surface area contributed by atoms with E-state index in [2.05, 4.69) is 15.5 Å². The van der Waals surface area contributed by atoms with E-state index in [9.17, 15) is 9.59 Å². The minimum absolute atomic E-state index is 0.0183. The first kappa shape index (κ1) is 19.2. The van der Waals surface area contributed by atoms with Crippen molar-refractivity contribution in [3.05, 3.63) is 29.8 Å². The zero-order valence-electron chi connectivity index (χ0n) is 14.9. The van der Waals surface area contributed by atoms with Crippen LogP contribution >= 0.6 is 0 Å². The highest BCUT2D eigenvalue weighted by Gasteiger charge is 2.25. The van der Waals surface area contributed by atoms with Crippen molar-refractivity contribution in [2.75, 3.05) is 46.5 Å². The average molecular weight is 349 g/mol. The summed E-state index contributed by atoms with van der Waals surface area (Å²) in [6, 6.07) is 7.89. The fourth-order valence-corrected chi connectivity index (χ4v) is 2.92. The molecule has 1 aliphatic heterocycles. The number of morpholine rings is 1. The van der Waals surface area contributed by atoms with Crippen LogP contribution in [-0.2, 0) is 14.3 Å². The van der Waals surface area contributed by atoms with Crippen molar-refractivity contribution in [1.29, 1.82) is 0 Å². The number of hydrogen-bond acceptors (Lipinski definition) is 5. The number of carbonyl (C=O) groups is 2. The molecule has 1 unspecified atom stereocenters. The van der Waals surface area contributed by atoms with Crippen LogP contribution in [0.5, 0.6) is 5.75 Å². The summed E-state index contributed by atoms with van der Waals surface area (Å²) >= 11 is 0. The van der Waals surface area contributed by atoms with Gasteiger partial charge in [-0.1, -0.05) is 18.2 Å². The first-order valence-corrected chi connectivity index (χ1v) is 8.57. The lowest BCUT2D eigenvalue weighted by Gasteiger charge is -2.35. The molecule has 7 nitrogen and oxygen atoms in total. The summed E-state index contributed by atoms with van der Waals surface area (Å²) in [4.78, 5) is 25.2. The van der Waals surface area contributed by atoms with Crippen molar-refractivity contribution in [3.8, 4) is 5.75 Å². The van der Waals surface area contributed by atoms with Gasteiger partial charge in [0, 0.05) is 45.1 Å². The molecular weight excluding hydrogens is 322 g/mol. The van der Waals surface area contributed by atoms with Gasteiger partial charge in [-0.05, 0) is 6.07 Å². The quantitative estimate of drug-likeness (QED) is 0.723. The first-order chi connectivity index (χ1) is 12.1. The number of nitrogens with one attached hydrogen (secondary N) is 2. The zero-order chi connectivity index (χ0) is 18.1. The second-order valence-corrected chi connectivity index (χ2v) is 5.94. The molecule has 0 radical (unpaired) electrons. The summed E-state index contributed by atoms with van der Waals surface area (Å²) in [7, 11) is 1.65. The van der Waals surface area contributed by atoms with E-state index in [0.717, 1.165) is 24.4 Å². The fraction of sp³-hybridized carbons (Fsp3) is 0.556. The van der Waals surface area contributed by atoms with E-state index in [1.54, 1.807) is 7.11 Å². The largest absolute Gasteiger partial charge is 0.496 e. The first-order valence-electron chi connectivity index (χ1n) is 8.57. The number of rotatable bonds is 8. The number of carbonyl (C=O) groups excluding carboxylic acids is 2. The molecule has 0 saturated carbocycles. The van der Waals surface area contributed by atoms with Gasteiger partial charge in [0.15, 0.2) is 0 Å². The third-order valence-corrected chi connectivity index (χ3v) is 4.20. The molecule has 1 aromatic rings. The summed E-state index contributed by atoms with van der Waals surface area (Å²) in [5, 5.41) is 5.61. The summed E-state index contributed by atoms with van der Waals surface area (Å²) in [5.74, 6) is 0.599. The summed E-state index contributed by atoms with van der Waals surface area (Å²) in [6.07, 6.45) is 0.265. The van der Waals surface area contributed by atoms with E-state index in [1.807, 2.05) is 24.3 Å². The number of benzene rings is 1. The molecule has 1 aliphatic rings. The lowest BCUT2D eigenvalue weighted by molar-refractivity contribution is -0.121. The van der Waals surface area contributed by atoms with Crippen molar-refractivity contribution >= 4 is 11.8 Å². The van der Waals surface area contributed by atoms with Crippen molar-refractivity contribution < 1.29 is 19.1 Å². The molecular formula is C18H27N3O4. The Labute approximate surface area is 148 Å². The molecule has 1 heterocycles. The molecule has 1 atom stereocenters. The summed E-state index contributed by atoms with van der Waals surface area (Å²) in [5.41, 5.74) is 1.05. The van der Waals surface area contributed by atoms with Crippen LogP contribution in [0.4, 0.5) is 0 Å². The Morgan fingerprint density at radius 1 is 1.24 bits per heavy atom. The summed E-state index contributed by atoms with van der Waals surface area (Å²) < 4.78 is 10.9. The second kappa shape index (κ2) is 10.0. The lowest BCUT2D eigenvalue weighted by atomic mass is 10.0. The minimum Gasteiger partial charge on any atom is -0.496 e. The number of hydrogen-bond donors (Lipinski definition) is 2. The number of para-hydroxylation sites is 1. The molecule has 0 bridgehead atoms. The third kappa shape index (κ3) is 6.03. The molecule has 7 heteroatoms. The molecule has 138 valence electrons. The number of nitrogens with zero attached hydrogens (tertiary/aromatic N) is 1. The SMILES string of the molecule is COc1ccccc1C(CNC(=O)CCNC(C)=O)N1CCOCC1. The predicted octanol–water partition coefficient (Wildman–Crippen LogP) is 0.711. The van der Waals surface area contributed by atoms with Gasteiger partial charge in [0.05, 0.1) is 26.4 Å². The van der Waals surface area contributed by atoms with E-state index >= 15 is 0 Å². The third-order valence-electron chi connectivity index (χ3n) is 4.20. The monoisotopic (exact) mass is 349 g/mol. The maximum atomic E-state index is 12.1. The highest BCUT2D eigenvalue weighted by molar-refractivity contribution is 5.77. The van der Waals surface area contributed by atoms with Crippen LogP contribution in [0.25, 0.3) is 0 Å². The molecule has 1 fully saturated rings. The number of amides is 2. The zero-order valence-corrected chi connectivity index (χ0v) is 14.9. The highest BCUT2D eigenvalue weighted by atomic mass is 16.5. The van der Waals surface area contributed by atoms with Crippen molar-refractivity contribution in [2.24, 2.45) is 0 Å². The Kier molecular flexibility index (Phi) is 7.69. The van der Waals surface area contributed by atoms with Gasteiger partial charge in [0.25, 0.3) is 0 Å². The van der Waals surface area contributed by atoms with Gasteiger partial charge in [-0.3, -0.25) is 14.5 Å². The molecule has 2 N–H and O–H groups in total. The van der Waals surface area contributed by atoms with Crippen LogP contribution < -0.4 is 15.4 Å². The Bertz CT molecular complexity index is 573. The standard InChI is InChI=1S/C18H27N3O4/c1-14(22)19-8-7-18(23)20-13-16(21-9-11-25-12-10-21)15-5-3-4-6-17(15)24-2/h3-6,16H,7-13H2,1-2H3,(H,19,22)(H,20,23). The Morgan fingerprint density at radius 2 is 1.96 bits per heavy atom.